The molecule has 1 N–H and O–H groups in total. The highest BCUT2D eigenvalue weighted by Crippen LogP contribution is 2.32. The Balaban J connectivity index is 1.83. The van der Waals surface area contributed by atoms with E-state index in [1.165, 1.54) is 10.4 Å². The monoisotopic (exact) mass is 387 g/mol. The molecule has 4 heteroatoms. The molecular formula is C14H15Br2NS. The van der Waals surface area contributed by atoms with Crippen LogP contribution in [0.3, 0.4) is 0 Å². The summed E-state index contributed by atoms with van der Waals surface area (Å²) in [6, 6.07) is 13.2. The van der Waals surface area contributed by atoms with Crippen LogP contribution in [0.1, 0.15) is 17.4 Å². The van der Waals surface area contributed by atoms with Crippen LogP contribution in [-0.2, 0) is 13.0 Å². The van der Waals surface area contributed by atoms with Crippen LogP contribution in [0.15, 0.2) is 44.7 Å². The zero-order valence-corrected chi connectivity index (χ0v) is 14.1. The zero-order chi connectivity index (χ0) is 13.0. The van der Waals surface area contributed by atoms with Crippen LogP contribution in [0.25, 0.3) is 0 Å². The molecule has 1 heterocycles. The second kappa shape index (κ2) is 6.85. The van der Waals surface area contributed by atoms with Crippen molar-refractivity contribution in [2.45, 2.75) is 25.9 Å². The zero-order valence-electron chi connectivity index (χ0n) is 10.1. The summed E-state index contributed by atoms with van der Waals surface area (Å²) in [7, 11) is 0. The predicted octanol–water partition coefficient (Wildman–Crippen LogP) is 4.99. The van der Waals surface area contributed by atoms with E-state index in [9.17, 15) is 0 Å². The lowest BCUT2D eigenvalue weighted by molar-refractivity contribution is 0.549. The lowest BCUT2D eigenvalue weighted by Crippen LogP contribution is -2.27. The second-order valence-electron chi connectivity index (χ2n) is 4.31. The molecule has 0 aliphatic heterocycles. The summed E-state index contributed by atoms with van der Waals surface area (Å²) in [5.74, 6) is 0. The second-order valence-corrected chi connectivity index (χ2v) is 7.62. The molecule has 1 atom stereocenters. The molecule has 0 saturated carbocycles. The highest BCUT2D eigenvalue weighted by atomic mass is 79.9. The molecule has 1 aromatic carbocycles. The van der Waals surface area contributed by atoms with Gasteiger partial charge in [-0.05, 0) is 56.8 Å². The summed E-state index contributed by atoms with van der Waals surface area (Å²) >= 11 is 8.80. The highest BCUT2D eigenvalue weighted by molar-refractivity contribution is 9.13. The van der Waals surface area contributed by atoms with Crippen molar-refractivity contribution < 1.29 is 0 Å². The molecule has 0 amide bonds. The van der Waals surface area contributed by atoms with Crippen molar-refractivity contribution >= 4 is 43.2 Å². The predicted molar refractivity (Wildman–Crippen MR) is 86.2 cm³/mol. The molecule has 1 unspecified atom stereocenters. The molecule has 0 aliphatic carbocycles. The molecule has 0 fully saturated rings. The first-order valence-electron chi connectivity index (χ1n) is 5.86. The standard InChI is InChI=1S/C14H15Br2NS/c1-10(7-11-5-3-2-4-6-11)17-9-12-8-13(15)14(16)18-12/h2-6,8,10,17H,7,9H2,1H3. The number of nitrogens with one attached hydrogen (secondary N) is 1. The lowest BCUT2D eigenvalue weighted by atomic mass is 10.1. The molecule has 1 aromatic heterocycles. The Kier molecular flexibility index (Phi) is 5.42. The average Bonchev–Trinajstić information content (AvgIpc) is 2.68. The van der Waals surface area contributed by atoms with E-state index >= 15 is 0 Å². The van der Waals surface area contributed by atoms with Gasteiger partial charge in [-0.2, -0.15) is 0 Å². The Morgan fingerprint density at radius 3 is 2.56 bits per heavy atom. The van der Waals surface area contributed by atoms with Crippen molar-refractivity contribution in [3.63, 3.8) is 0 Å². The number of halogens is 2. The quantitative estimate of drug-likeness (QED) is 0.760. The average molecular weight is 389 g/mol. The van der Waals surface area contributed by atoms with Gasteiger partial charge in [-0.25, -0.2) is 0 Å². The van der Waals surface area contributed by atoms with Gasteiger partial charge >= 0.3 is 0 Å². The summed E-state index contributed by atoms with van der Waals surface area (Å²) in [4.78, 5) is 1.34. The molecule has 1 nitrogen and oxygen atoms in total. The van der Waals surface area contributed by atoms with Crippen LogP contribution in [0.5, 0.6) is 0 Å². The van der Waals surface area contributed by atoms with Gasteiger partial charge in [0.2, 0.25) is 0 Å². The first-order chi connectivity index (χ1) is 8.65. The van der Waals surface area contributed by atoms with Crippen LogP contribution in [0.4, 0.5) is 0 Å². The fourth-order valence-electron chi connectivity index (χ4n) is 1.79. The number of rotatable bonds is 5. The first-order valence-corrected chi connectivity index (χ1v) is 8.26. The SMILES string of the molecule is CC(Cc1ccccc1)NCc1cc(Br)c(Br)s1. The van der Waals surface area contributed by atoms with Crippen LogP contribution in [-0.4, -0.2) is 6.04 Å². The fourth-order valence-corrected chi connectivity index (χ4v) is 3.92. The third-order valence-electron chi connectivity index (χ3n) is 2.71. The van der Waals surface area contributed by atoms with E-state index in [4.69, 9.17) is 0 Å². The minimum atomic E-state index is 0.479. The van der Waals surface area contributed by atoms with Crippen molar-refractivity contribution in [2.75, 3.05) is 0 Å². The third-order valence-corrected chi connectivity index (χ3v) is 5.96. The number of hydrogen-bond acceptors (Lipinski definition) is 2. The van der Waals surface area contributed by atoms with Crippen LogP contribution in [0.2, 0.25) is 0 Å². The van der Waals surface area contributed by atoms with E-state index in [2.05, 4.69) is 80.5 Å². The molecule has 18 heavy (non-hydrogen) atoms. The fraction of sp³-hybridized carbons (Fsp3) is 0.286. The molecule has 0 spiro atoms. The normalized spacial score (nSPS) is 12.6. The summed E-state index contributed by atoms with van der Waals surface area (Å²) in [5, 5.41) is 3.56. The van der Waals surface area contributed by atoms with Gasteiger partial charge in [-0.3, -0.25) is 0 Å². The van der Waals surface area contributed by atoms with Gasteiger partial charge in [-0.1, -0.05) is 30.3 Å². The van der Waals surface area contributed by atoms with E-state index in [0.29, 0.717) is 6.04 Å². The number of hydrogen-bond donors (Lipinski definition) is 1. The number of benzene rings is 1. The van der Waals surface area contributed by atoms with Gasteiger partial charge in [0.15, 0.2) is 0 Å². The van der Waals surface area contributed by atoms with E-state index in [-0.39, 0.29) is 0 Å². The summed E-state index contributed by atoms with van der Waals surface area (Å²) in [6.45, 7) is 3.15. The summed E-state index contributed by atoms with van der Waals surface area (Å²) in [5.41, 5.74) is 1.38. The van der Waals surface area contributed by atoms with Crippen molar-refractivity contribution in [3.05, 3.63) is 55.1 Å². The van der Waals surface area contributed by atoms with E-state index in [0.717, 1.165) is 21.2 Å². The summed E-state index contributed by atoms with van der Waals surface area (Å²) < 4.78 is 2.30. The molecule has 0 bridgehead atoms. The molecule has 96 valence electrons. The Hall–Kier alpha value is -0.160. The maximum Gasteiger partial charge on any atom is 0.0843 e. The molecule has 0 saturated heterocycles. The van der Waals surface area contributed by atoms with Crippen LogP contribution in [0, 0.1) is 0 Å². The Bertz CT molecular complexity index is 476. The van der Waals surface area contributed by atoms with Crippen molar-refractivity contribution in [3.8, 4) is 0 Å². The topological polar surface area (TPSA) is 12.0 Å². The van der Waals surface area contributed by atoms with Gasteiger partial charge in [0, 0.05) is 21.9 Å². The van der Waals surface area contributed by atoms with Crippen LogP contribution >= 0.6 is 43.2 Å². The van der Waals surface area contributed by atoms with Gasteiger partial charge < -0.3 is 5.32 Å². The van der Waals surface area contributed by atoms with Gasteiger partial charge in [0.1, 0.15) is 0 Å². The van der Waals surface area contributed by atoms with E-state index < -0.39 is 0 Å². The minimum Gasteiger partial charge on any atom is -0.309 e. The third kappa shape index (κ3) is 4.19. The molecule has 0 radical (unpaired) electrons. The molecule has 2 aromatic rings. The Morgan fingerprint density at radius 1 is 1.22 bits per heavy atom. The van der Waals surface area contributed by atoms with Crippen molar-refractivity contribution in [1.82, 2.24) is 5.32 Å². The molecular weight excluding hydrogens is 374 g/mol. The number of thiophene rings is 1. The van der Waals surface area contributed by atoms with Crippen LogP contribution < -0.4 is 5.32 Å². The summed E-state index contributed by atoms with van der Waals surface area (Å²) in [6.07, 6.45) is 1.06. The van der Waals surface area contributed by atoms with Crippen molar-refractivity contribution in [1.29, 1.82) is 0 Å². The molecule has 0 aliphatic rings. The minimum absolute atomic E-state index is 0.479. The maximum absolute atomic E-state index is 3.56. The Labute approximate surface area is 129 Å². The smallest absolute Gasteiger partial charge is 0.0843 e. The van der Waals surface area contributed by atoms with Gasteiger partial charge in [-0.15, -0.1) is 11.3 Å². The van der Waals surface area contributed by atoms with E-state index in [1.807, 2.05) is 0 Å². The Morgan fingerprint density at radius 2 is 1.94 bits per heavy atom. The maximum atomic E-state index is 3.56. The first kappa shape index (κ1) is 14.3. The largest absolute Gasteiger partial charge is 0.309 e. The van der Waals surface area contributed by atoms with Gasteiger partial charge in [0.05, 0.1) is 3.79 Å². The molecule has 2 rings (SSSR count). The van der Waals surface area contributed by atoms with E-state index in [1.54, 1.807) is 11.3 Å². The van der Waals surface area contributed by atoms with Crippen molar-refractivity contribution in [2.24, 2.45) is 0 Å². The lowest BCUT2D eigenvalue weighted by Gasteiger charge is -2.13. The highest BCUT2D eigenvalue weighted by Gasteiger charge is 2.06. The van der Waals surface area contributed by atoms with Gasteiger partial charge in [0.25, 0.3) is 0 Å².